The second-order valence-electron chi connectivity index (χ2n) is 6.53. The van der Waals surface area contributed by atoms with Crippen molar-refractivity contribution in [1.82, 2.24) is 4.57 Å². The fourth-order valence-electron chi connectivity index (χ4n) is 3.43. The van der Waals surface area contributed by atoms with Crippen LogP contribution in [0.15, 0.2) is 62.6 Å². The van der Waals surface area contributed by atoms with E-state index in [1.54, 1.807) is 43.3 Å². The Bertz CT molecular complexity index is 1330. The highest BCUT2D eigenvalue weighted by molar-refractivity contribution is 7.07. The number of esters is 1. The van der Waals surface area contributed by atoms with E-state index in [0.29, 0.717) is 32.2 Å². The minimum Gasteiger partial charge on any atom is -0.465 e. The van der Waals surface area contributed by atoms with E-state index < -0.39 is 12.0 Å². The van der Waals surface area contributed by atoms with Crippen molar-refractivity contribution in [1.29, 1.82) is 0 Å². The number of rotatable bonds is 4. The largest absolute Gasteiger partial charge is 0.465 e. The van der Waals surface area contributed by atoms with Gasteiger partial charge >= 0.3 is 5.97 Å². The Labute approximate surface area is 173 Å². The Morgan fingerprint density at radius 1 is 1.33 bits per heavy atom. The molecule has 1 unspecified atom stereocenters. The monoisotopic (exact) mass is 424 g/mol. The van der Waals surface area contributed by atoms with Gasteiger partial charge in [-0.25, -0.2) is 9.79 Å². The van der Waals surface area contributed by atoms with Crippen molar-refractivity contribution in [2.75, 3.05) is 13.4 Å². The van der Waals surface area contributed by atoms with Gasteiger partial charge in [0.2, 0.25) is 6.79 Å². The molecule has 0 amide bonds. The first-order chi connectivity index (χ1) is 14.7. The molecular weight excluding hydrogens is 408 g/mol. The number of fused-ring (bicyclic) bond motifs is 2. The van der Waals surface area contributed by atoms with Gasteiger partial charge in [0.25, 0.3) is 5.56 Å². The maximum Gasteiger partial charge on any atom is 0.338 e. The SMILES string of the molecule is CCOC(=O)C1=CN=c2s/c(=C\c3ccco3)c(=O)n2C1c1ccc2c(c1)OCO2. The van der Waals surface area contributed by atoms with Gasteiger partial charge in [0.1, 0.15) is 5.76 Å². The summed E-state index contributed by atoms with van der Waals surface area (Å²) in [7, 11) is 0. The highest BCUT2D eigenvalue weighted by Gasteiger charge is 2.32. The van der Waals surface area contributed by atoms with Crippen molar-refractivity contribution in [2.24, 2.45) is 4.99 Å². The first kappa shape index (κ1) is 18.4. The lowest BCUT2D eigenvalue weighted by molar-refractivity contribution is -0.139. The number of carbonyl (C=O) groups is 1. The van der Waals surface area contributed by atoms with E-state index in [0.717, 1.165) is 0 Å². The predicted molar refractivity (Wildman–Crippen MR) is 107 cm³/mol. The van der Waals surface area contributed by atoms with E-state index in [4.69, 9.17) is 18.6 Å². The maximum atomic E-state index is 13.3. The van der Waals surface area contributed by atoms with Crippen LogP contribution in [0.4, 0.5) is 0 Å². The zero-order valence-electron chi connectivity index (χ0n) is 15.9. The van der Waals surface area contributed by atoms with Crippen LogP contribution in [0, 0.1) is 0 Å². The van der Waals surface area contributed by atoms with Crippen LogP contribution in [0.2, 0.25) is 0 Å². The summed E-state index contributed by atoms with van der Waals surface area (Å²) in [6.45, 7) is 2.07. The molecule has 0 bridgehead atoms. The Morgan fingerprint density at radius 2 is 2.20 bits per heavy atom. The molecule has 0 saturated heterocycles. The molecule has 152 valence electrons. The summed E-state index contributed by atoms with van der Waals surface area (Å²) in [5, 5.41) is 0. The first-order valence-electron chi connectivity index (χ1n) is 9.27. The third-order valence-electron chi connectivity index (χ3n) is 4.74. The van der Waals surface area contributed by atoms with E-state index >= 15 is 0 Å². The lowest BCUT2D eigenvalue weighted by atomic mass is 9.98. The summed E-state index contributed by atoms with van der Waals surface area (Å²) in [4.78, 5) is 30.8. The summed E-state index contributed by atoms with van der Waals surface area (Å²) in [6.07, 6.45) is 4.67. The van der Waals surface area contributed by atoms with Gasteiger partial charge < -0.3 is 18.6 Å². The molecule has 0 aliphatic carbocycles. The fraction of sp³-hybridized carbons (Fsp3) is 0.190. The molecule has 1 aromatic carbocycles. The number of carbonyl (C=O) groups excluding carboxylic acids is 1. The molecule has 4 heterocycles. The Balaban J connectivity index is 1.70. The van der Waals surface area contributed by atoms with Crippen LogP contribution in [0.5, 0.6) is 11.5 Å². The second-order valence-corrected chi connectivity index (χ2v) is 7.54. The third-order valence-corrected chi connectivity index (χ3v) is 5.74. The van der Waals surface area contributed by atoms with Crippen LogP contribution >= 0.6 is 11.3 Å². The molecule has 0 fully saturated rings. The summed E-state index contributed by atoms with van der Waals surface area (Å²) >= 11 is 1.23. The number of thiazole rings is 1. The number of hydrogen-bond donors (Lipinski definition) is 0. The highest BCUT2D eigenvalue weighted by atomic mass is 32.1. The molecule has 3 aromatic rings. The smallest absolute Gasteiger partial charge is 0.338 e. The van der Waals surface area contributed by atoms with Crippen molar-refractivity contribution < 1.29 is 23.4 Å². The fourth-order valence-corrected chi connectivity index (χ4v) is 4.38. The molecule has 0 saturated carbocycles. The van der Waals surface area contributed by atoms with Crippen LogP contribution in [-0.4, -0.2) is 23.9 Å². The predicted octanol–water partition coefficient (Wildman–Crippen LogP) is 1.73. The number of nitrogens with zero attached hydrogens (tertiary/aromatic N) is 2. The van der Waals surface area contributed by atoms with Gasteiger partial charge in [-0.3, -0.25) is 9.36 Å². The van der Waals surface area contributed by atoms with Gasteiger partial charge in [-0.05, 0) is 36.8 Å². The first-order valence-corrected chi connectivity index (χ1v) is 10.1. The molecule has 0 N–H and O–H groups in total. The lowest BCUT2D eigenvalue weighted by Crippen LogP contribution is -2.39. The highest BCUT2D eigenvalue weighted by Crippen LogP contribution is 2.37. The van der Waals surface area contributed by atoms with Crippen LogP contribution in [-0.2, 0) is 9.53 Å². The molecule has 8 nitrogen and oxygen atoms in total. The minimum absolute atomic E-state index is 0.130. The van der Waals surface area contributed by atoms with Crippen molar-refractivity contribution in [3.63, 3.8) is 0 Å². The Hall–Kier alpha value is -3.59. The topological polar surface area (TPSA) is 92.3 Å². The average molecular weight is 424 g/mol. The molecule has 2 aliphatic rings. The summed E-state index contributed by atoms with van der Waals surface area (Å²) in [5.41, 5.74) is 0.694. The number of aromatic nitrogens is 1. The Morgan fingerprint density at radius 3 is 3.00 bits per heavy atom. The quantitative estimate of drug-likeness (QED) is 0.593. The van der Waals surface area contributed by atoms with E-state index in [9.17, 15) is 9.59 Å². The third kappa shape index (κ3) is 3.03. The van der Waals surface area contributed by atoms with E-state index in [-0.39, 0.29) is 24.5 Å². The van der Waals surface area contributed by atoms with Crippen LogP contribution in [0.3, 0.4) is 0 Å². The van der Waals surface area contributed by atoms with E-state index in [1.807, 2.05) is 0 Å². The molecular formula is C21H16N2O6S. The minimum atomic E-state index is -0.700. The summed E-state index contributed by atoms with van der Waals surface area (Å²) < 4.78 is 23.4. The zero-order valence-corrected chi connectivity index (χ0v) is 16.7. The van der Waals surface area contributed by atoms with E-state index in [1.165, 1.54) is 28.4 Å². The van der Waals surface area contributed by atoms with Gasteiger partial charge in [-0.15, -0.1) is 0 Å². The molecule has 5 rings (SSSR count). The molecule has 1 atom stereocenters. The normalized spacial score (nSPS) is 17.3. The van der Waals surface area contributed by atoms with Crippen molar-refractivity contribution >= 4 is 23.4 Å². The van der Waals surface area contributed by atoms with Crippen LogP contribution in [0.1, 0.15) is 24.3 Å². The lowest BCUT2D eigenvalue weighted by Gasteiger charge is -2.22. The van der Waals surface area contributed by atoms with E-state index in [2.05, 4.69) is 4.99 Å². The van der Waals surface area contributed by atoms with Crippen LogP contribution in [0.25, 0.3) is 6.08 Å². The molecule has 30 heavy (non-hydrogen) atoms. The van der Waals surface area contributed by atoms with Crippen molar-refractivity contribution in [3.8, 4) is 11.5 Å². The summed E-state index contributed by atoms with van der Waals surface area (Å²) in [6, 6.07) is 8.15. The Kier molecular flexibility index (Phi) is 4.51. The maximum absolute atomic E-state index is 13.3. The molecule has 2 aromatic heterocycles. The van der Waals surface area contributed by atoms with Crippen LogP contribution < -0.4 is 24.4 Å². The van der Waals surface area contributed by atoms with Crippen molar-refractivity contribution in [3.05, 3.63) is 79.4 Å². The number of benzene rings is 1. The zero-order chi connectivity index (χ0) is 20.7. The molecule has 9 heteroatoms. The van der Waals surface area contributed by atoms with Gasteiger partial charge in [0, 0.05) is 12.3 Å². The molecule has 0 spiro atoms. The average Bonchev–Trinajstić information content (AvgIpc) is 3.49. The van der Waals surface area contributed by atoms with Gasteiger partial charge in [-0.2, -0.15) is 0 Å². The second kappa shape index (κ2) is 7.34. The summed E-state index contributed by atoms with van der Waals surface area (Å²) in [5.74, 6) is 1.21. The van der Waals surface area contributed by atoms with Gasteiger partial charge in [-0.1, -0.05) is 17.4 Å². The van der Waals surface area contributed by atoms with Gasteiger partial charge in [0.15, 0.2) is 16.3 Å². The van der Waals surface area contributed by atoms with Crippen molar-refractivity contribution in [2.45, 2.75) is 13.0 Å². The molecule has 0 radical (unpaired) electrons. The molecule has 2 aliphatic heterocycles. The number of hydrogen-bond acceptors (Lipinski definition) is 8. The standard InChI is InChI=1S/C21H16N2O6S/c1-2-26-20(25)14-10-22-21-23(19(24)17(30-21)9-13-4-3-7-27-13)18(14)12-5-6-15-16(8-12)29-11-28-15/h3-10,18H,2,11H2,1H3/b17-9-. The van der Waals surface area contributed by atoms with Gasteiger partial charge in [0.05, 0.1) is 29.0 Å². The number of ether oxygens (including phenoxy) is 3. The number of furan rings is 1.